The lowest BCUT2D eigenvalue weighted by atomic mass is 9.93. The van der Waals surface area contributed by atoms with Gasteiger partial charge in [-0.2, -0.15) is 0 Å². The molecule has 3 N–H and O–H groups in total. The number of para-hydroxylation sites is 1. The molecule has 2 amide bonds. The number of hydrazine groups is 1. The summed E-state index contributed by atoms with van der Waals surface area (Å²) in [6.45, 7) is 4.08. The summed E-state index contributed by atoms with van der Waals surface area (Å²) >= 11 is 0. The zero-order valence-corrected chi connectivity index (χ0v) is 17.3. The van der Waals surface area contributed by atoms with Gasteiger partial charge in [-0.25, -0.2) is 5.01 Å². The van der Waals surface area contributed by atoms with Gasteiger partial charge in [-0.3, -0.25) is 19.8 Å². The Morgan fingerprint density at radius 1 is 1.13 bits per heavy atom. The third-order valence-corrected chi connectivity index (χ3v) is 4.95. The van der Waals surface area contributed by atoms with Crippen molar-refractivity contribution in [1.29, 1.82) is 0 Å². The van der Waals surface area contributed by atoms with Crippen molar-refractivity contribution in [2.75, 3.05) is 18.2 Å². The number of carbonyl (C=O) groups is 3. The first-order valence-corrected chi connectivity index (χ1v) is 10.1. The Balaban J connectivity index is 0.000000858. The predicted octanol–water partition coefficient (Wildman–Crippen LogP) is 2.28. The van der Waals surface area contributed by atoms with Crippen LogP contribution in [0.2, 0.25) is 0 Å². The fourth-order valence-corrected chi connectivity index (χ4v) is 3.55. The summed E-state index contributed by atoms with van der Waals surface area (Å²) in [5.74, 6) is 0.159. The van der Waals surface area contributed by atoms with Gasteiger partial charge >= 0.3 is 0 Å². The number of nitrogens with one attached hydrogen (secondary N) is 2. The monoisotopic (exact) mass is 423 g/mol. The molecule has 0 saturated carbocycles. The second-order valence-electron chi connectivity index (χ2n) is 6.97. The third-order valence-electron chi connectivity index (χ3n) is 4.95. The number of ether oxygens (including phenoxy) is 1. The average molecular weight is 423 g/mol. The van der Waals surface area contributed by atoms with Gasteiger partial charge in [0.25, 0.3) is 18.3 Å². The first-order chi connectivity index (χ1) is 15.1. The number of anilines is 1. The van der Waals surface area contributed by atoms with E-state index in [0.29, 0.717) is 18.8 Å². The molecule has 8 heteroatoms. The highest BCUT2D eigenvalue weighted by atomic mass is 16.5. The Morgan fingerprint density at radius 2 is 1.87 bits per heavy atom. The van der Waals surface area contributed by atoms with Gasteiger partial charge in [0.1, 0.15) is 11.3 Å². The largest absolute Gasteiger partial charge is 0.493 e. The van der Waals surface area contributed by atoms with E-state index in [9.17, 15) is 9.59 Å². The van der Waals surface area contributed by atoms with Gasteiger partial charge in [0, 0.05) is 12.1 Å². The van der Waals surface area contributed by atoms with Crippen LogP contribution in [0.15, 0.2) is 48.0 Å². The molecule has 2 aliphatic heterocycles. The minimum atomic E-state index is -0.391. The van der Waals surface area contributed by atoms with E-state index in [1.165, 1.54) is 5.01 Å². The Labute approximate surface area is 180 Å². The molecule has 162 valence electrons. The maximum atomic E-state index is 12.8. The van der Waals surface area contributed by atoms with E-state index in [1.807, 2.05) is 30.3 Å². The summed E-state index contributed by atoms with van der Waals surface area (Å²) in [5.41, 5.74) is 6.54. The number of amides is 2. The van der Waals surface area contributed by atoms with Gasteiger partial charge in [-0.05, 0) is 54.8 Å². The lowest BCUT2D eigenvalue weighted by Crippen LogP contribution is -2.35. The molecule has 8 nitrogen and oxygen atoms in total. The summed E-state index contributed by atoms with van der Waals surface area (Å²) in [7, 11) is 0. The molecule has 0 atom stereocenters. The van der Waals surface area contributed by atoms with Crippen molar-refractivity contribution >= 4 is 30.0 Å². The average Bonchev–Trinajstić information content (AvgIpc) is 3.08. The number of carboxylic acid groups (broad SMARTS) is 1. The van der Waals surface area contributed by atoms with E-state index in [4.69, 9.17) is 14.6 Å². The number of nitrogens with zero attached hydrogens (tertiary/aromatic N) is 1. The van der Waals surface area contributed by atoms with Crippen molar-refractivity contribution in [3.8, 4) is 5.75 Å². The van der Waals surface area contributed by atoms with E-state index < -0.39 is 5.91 Å². The highest BCUT2D eigenvalue weighted by Crippen LogP contribution is 2.31. The lowest BCUT2D eigenvalue weighted by molar-refractivity contribution is -0.123. The predicted molar refractivity (Wildman–Crippen MR) is 116 cm³/mol. The van der Waals surface area contributed by atoms with Gasteiger partial charge in [0.15, 0.2) is 0 Å². The molecule has 0 aromatic heterocycles. The van der Waals surface area contributed by atoms with Crippen molar-refractivity contribution in [1.82, 2.24) is 10.7 Å². The summed E-state index contributed by atoms with van der Waals surface area (Å²) in [4.78, 5) is 33.7. The molecule has 4 rings (SSSR count). The summed E-state index contributed by atoms with van der Waals surface area (Å²) in [5, 5.41) is 11.5. The number of hydrogen-bond donors (Lipinski definition) is 3. The minimum absolute atomic E-state index is 0.138. The molecule has 0 aliphatic carbocycles. The highest BCUT2D eigenvalue weighted by molar-refractivity contribution is 6.31. The quantitative estimate of drug-likeness (QED) is 0.387. The summed E-state index contributed by atoms with van der Waals surface area (Å²) in [6.07, 6.45) is 3.50. The van der Waals surface area contributed by atoms with Gasteiger partial charge in [-0.1, -0.05) is 31.2 Å². The van der Waals surface area contributed by atoms with Crippen molar-refractivity contribution in [2.24, 2.45) is 0 Å². The van der Waals surface area contributed by atoms with E-state index in [1.54, 1.807) is 18.2 Å². The van der Waals surface area contributed by atoms with Gasteiger partial charge in [0.05, 0.1) is 12.3 Å². The van der Waals surface area contributed by atoms with Crippen molar-refractivity contribution in [2.45, 2.75) is 26.3 Å². The Hall–Kier alpha value is -3.65. The third kappa shape index (κ3) is 4.92. The molecule has 31 heavy (non-hydrogen) atoms. The topological polar surface area (TPSA) is 108 Å². The minimum Gasteiger partial charge on any atom is -0.493 e. The second kappa shape index (κ2) is 10.4. The fourth-order valence-electron chi connectivity index (χ4n) is 3.55. The van der Waals surface area contributed by atoms with Gasteiger partial charge < -0.3 is 15.2 Å². The fraction of sp³-hybridized carbons (Fsp3) is 0.261. The first-order valence-electron chi connectivity index (χ1n) is 10.1. The maximum Gasteiger partial charge on any atom is 0.290 e. The first kappa shape index (κ1) is 22.0. The normalized spacial score (nSPS) is 16.3. The van der Waals surface area contributed by atoms with Crippen molar-refractivity contribution < 1.29 is 24.2 Å². The zero-order chi connectivity index (χ0) is 22.2. The van der Waals surface area contributed by atoms with Gasteiger partial charge in [-0.15, -0.1) is 0 Å². The summed E-state index contributed by atoms with van der Waals surface area (Å²) in [6, 6.07) is 13.0. The Morgan fingerprint density at radius 3 is 2.58 bits per heavy atom. The van der Waals surface area contributed by atoms with E-state index in [-0.39, 0.29) is 18.0 Å². The SMILES string of the molecule is CCCOc1ccc(C=C2C(=O)NN(c3ccccc3)C2=O)c2c1CCNC2.O=CO. The van der Waals surface area contributed by atoms with Crippen LogP contribution in [0.25, 0.3) is 6.08 Å². The number of rotatable bonds is 5. The molecule has 0 bridgehead atoms. The molecule has 2 aliphatic rings. The number of fused-ring (bicyclic) bond motifs is 1. The van der Waals surface area contributed by atoms with Crippen molar-refractivity contribution in [3.63, 3.8) is 0 Å². The van der Waals surface area contributed by atoms with Crippen LogP contribution in [0.1, 0.15) is 30.0 Å². The molecule has 1 fully saturated rings. The van der Waals surface area contributed by atoms with Crippen LogP contribution in [0.4, 0.5) is 5.69 Å². The van der Waals surface area contributed by atoms with Crippen LogP contribution < -0.4 is 20.5 Å². The number of hydrogen-bond acceptors (Lipinski definition) is 5. The standard InChI is InChI=1S/C22H23N3O3.CH2O2/c1-2-12-28-20-9-8-15(19-14-23-11-10-17(19)20)13-18-21(26)24-25(22(18)27)16-6-4-3-5-7-16;2-1-3/h3-9,13,23H,2,10-12,14H2,1H3,(H,24,26);1H,(H,2,3). The maximum absolute atomic E-state index is 12.8. The number of benzene rings is 2. The second-order valence-corrected chi connectivity index (χ2v) is 6.97. The molecular formula is C23H25N3O5. The van der Waals surface area contributed by atoms with Crippen LogP contribution in [0, 0.1) is 0 Å². The lowest BCUT2D eigenvalue weighted by Gasteiger charge is -2.22. The van der Waals surface area contributed by atoms with Gasteiger partial charge in [0.2, 0.25) is 0 Å². The van der Waals surface area contributed by atoms with Crippen LogP contribution >= 0.6 is 0 Å². The smallest absolute Gasteiger partial charge is 0.290 e. The van der Waals surface area contributed by atoms with Crippen LogP contribution in [-0.4, -0.2) is 36.5 Å². The molecule has 0 radical (unpaired) electrons. The van der Waals surface area contributed by atoms with Crippen LogP contribution in [-0.2, 0) is 27.3 Å². The van der Waals surface area contributed by atoms with E-state index in [0.717, 1.165) is 41.8 Å². The highest BCUT2D eigenvalue weighted by Gasteiger charge is 2.34. The van der Waals surface area contributed by atoms with Crippen LogP contribution in [0.5, 0.6) is 5.75 Å². The molecular weight excluding hydrogens is 398 g/mol. The van der Waals surface area contributed by atoms with E-state index >= 15 is 0 Å². The molecule has 0 spiro atoms. The Kier molecular flexibility index (Phi) is 7.40. The zero-order valence-electron chi connectivity index (χ0n) is 17.3. The van der Waals surface area contributed by atoms with Crippen molar-refractivity contribution in [3.05, 3.63) is 64.7 Å². The molecule has 2 aromatic rings. The Bertz CT molecular complexity index is 988. The van der Waals surface area contributed by atoms with E-state index in [2.05, 4.69) is 17.7 Å². The molecule has 2 aromatic carbocycles. The molecule has 0 unspecified atom stereocenters. The van der Waals surface area contributed by atoms with Crippen LogP contribution in [0.3, 0.4) is 0 Å². The molecule has 1 saturated heterocycles. The number of carbonyl (C=O) groups excluding carboxylic acids is 2. The summed E-state index contributed by atoms with van der Waals surface area (Å²) < 4.78 is 5.89. The molecule has 2 heterocycles.